The number of amides is 1. The highest BCUT2D eigenvalue weighted by Gasteiger charge is 2.22. The minimum absolute atomic E-state index is 0.182. The zero-order valence-corrected chi connectivity index (χ0v) is 16.5. The first-order chi connectivity index (χ1) is 13.6. The molecule has 0 saturated carbocycles. The second kappa shape index (κ2) is 9.55. The summed E-state index contributed by atoms with van der Waals surface area (Å²) in [5, 5.41) is 5.90. The molecule has 150 valence electrons. The van der Waals surface area contributed by atoms with E-state index >= 15 is 0 Å². The van der Waals surface area contributed by atoms with E-state index in [1.807, 2.05) is 13.1 Å². The van der Waals surface area contributed by atoms with E-state index in [9.17, 15) is 9.18 Å². The van der Waals surface area contributed by atoms with Gasteiger partial charge in [-0.05, 0) is 62.4 Å². The van der Waals surface area contributed by atoms with Gasteiger partial charge in [0.2, 0.25) is 0 Å². The third-order valence-electron chi connectivity index (χ3n) is 5.05. The van der Waals surface area contributed by atoms with Crippen molar-refractivity contribution in [2.45, 2.75) is 32.2 Å². The van der Waals surface area contributed by atoms with Crippen molar-refractivity contribution in [2.75, 3.05) is 37.0 Å². The predicted molar refractivity (Wildman–Crippen MR) is 111 cm³/mol. The predicted octanol–water partition coefficient (Wildman–Crippen LogP) is 4.06. The van der Waals surface area contributed by atoms with Crippen LogP contribution in [0.1, 0.15) is 36.5 Å². The van der Waals surface area contributed by atoms with Gasteiger partial charge in [-0.15, -0.1) is 0 Å². The van der Waals surface area contributed by atoms with Gasteiger partial charge in [-0.3, -0.25) is 4.79 Å². The van der Waals surface area contributed by atoms with E-state index in [2.05, 4.69) is 22.5 Å². The number of hydrogen-bond acceptors (Lipinski definition) is 4. The lowest BCUT2D eigenvalue weighted by Crippen LogP contribution is -2.29. The first-order valence-corrected chi connectivity index (χ1v) is 9.86. The molecular formula is C22H28FN3O2. The number of nitrogens with zero attached hydrogens (tertiary/aromatic N) is 1. The highest BCUT2D eigenvalue weighted by Crippen LogP contribution is 2.25. The summed E-state index contributed by atoms with van der Waals surface area (Å²) in [4.78, 5) is 14.6. The van der Waals surface area contributed by atoms with Crippen molar-refractivity contribution >= 4 is 17.3 Å². The Bertz CT molecular complexity index is 795. The van der Waals surface area contributed by atoms with E-state index in [1.165, 1.54) is 6.07 Å². The molecule has 1 fully saturated rings. The van der Waals surface area contributed by atoms with Crippen molar-refractivity contribution in [3.05, 3.63) is 53.8 Å². The van der Waals surface area contributed by atoms with E-state index < -0.39 is 5.82 Å². The molecule has 1 saturated heterocycles. The Hall–Kier alpha value is -2.60. The molecule has 5 nitrogen and oxygen atoms in total. The molecule has 1 amide bonds. The van der Waals surface area contributed by atoms with Gasteiger partial charge in [0, 0.05) is 30.4 Å². The summed E-state index contributed by atoms with van der Waals surface area (Å²) in [7, 11) is 1.94. The lowest BCUT2D eigenvalue weighted by molar-refractivity contribution is 0.102. The van der Waals surface area contributed by atoms with Gasteiger partial charge in [-0.2, -0.15) is 0 Å². The molecule has 28 heavy (non-hydrogen) atoms. The molecule has 0 spiro atoms. The monoisotopic (exact) mass is 385 g/mol. The third-order valence-corrected chi connectivity index (χ3v) is 5.05. The summed E-state index contributed by atoms with van der Waals surface area (Å²) in [5.41, 5.74) is 1.48. The zero-order valence-electron chi connectivity index (χ0n) is 16.5. The number of benzene rings is 2. The Kier molecular flexibility index (Phi) is 6.87. The first-order valence-electron chi connectivity index (χ1n) is 9.86. The maximum absolute atomic E-state index is 14.5. The van der Waals surface area contributed by atoms with Gasteiger partial charge in [-0.1, -0.05) is 13.3 Å². The van der Waals surface area contributed by atoms with Gasteiger partial charge in [0.25, 0.3) is 5.91 Å². The molecule has 3 rings (SSSR count). The molecule has 0 radical (unpaired) electrons. The summed E-state index contributed by atoms with van der Waals surface area (Å²) >= 11 is 0. The van der Waals surface area contributed by atoms with Gasteiger partial charge in [-0.25, -0.2) is 4.39 Å². The summed E-state index contributed by atoms with van der Waals surface area (Å²) in [6.07, 6.45) is 3.10. The lowest BCUT2D eigenvalue weighted by Gasteiger charge is -2.19. The molecule has 1 heterocycles. The molecule has 1 unspecified atom stereocenters. The Morgan fingerprint density at radius 2 is 2.04 bits per heavy atom. The number of hydrogen-bond donors (Lipinski definition) is 2. The van der Waals surface area contributed by atoms with Crippen molar-refractivity contribution in [3.63, 3.8) is 0 Å². The number of ether oxygens (including phenoxy) is 1. The van der Waals surface area contributed by atoms with Crippen LogP contribution < -0.4 is 20.3 Å². The molecule has 2 aromatic rings. The maximum atomic E-state index is 14.5. The fraction of sp³-hybridized carbons (Fsp3) is 0.409. The van der Waals surface area contributed by atoms with Crippen molar-refractivity contribution in [2.24, 2.45) is 0 Å². The van der Waals surface area contributed by atoms with Crippen molar-refractivity contribution in [3.8, 4) is 5.75 Å². The normalized spacial score (nSPS) is 16.2. The van der Waals surface area contributed by atoms with Crippen LogP contribution in [0.2, 0.25) is 0 Å². The Balaban J connectivity index is 1.61. The minimum Gasteiger partial charge on any atom is -0.494 e. The van der Waals surface area contributed by atoms with Crippen LogP contribution in [0.3, 0.4) is 0 Å². The smallest absolute Gasteiger partial charge is 0.255 e. The highest BCUT2D eigenvalue weighted by atomic mass is 19.1. The molecule has 2 N–H and O–H groups in total. The summed E-state index contributed by atoms with van der Waals surface area (Å²) in [6.45, 7) is 4.51. The quantitative estimate of drug-likeness (QED) is 0.673. The lowest BCUT2D eigenvalue weighted by atomic mass is 10.2. The zero-order chi connectivity index (χ0) is 19.9. The molecule has 0 aliphatic carbocycles. The summed E-state index contributed by atoms with van der Waals surface area (Å²) in [5.74, 6) is -0.0486. The third kappa shape index (κ3) is 5.01. The summed E-state index contributed by atoms with van der Waals surface area (Å²) in [6, 6.07) is 12.3. The average Bonchev–Trinajstić information content (AvgIpc) is 3.19. The van der Waals surface area contributed by atoms with Crippen LogP contribution in [0.5, 0.6) is 5.75 Å². The summed E-state index contributed by atoms with van der Waals surface area (Å²) < 4.78 is 20.1. The highest BCUT2D eigenvalue weighted by molar-refractivity contribution is 6.04. The van der Waals surface area contributed by atoms with Crippen molar-refractivity contribution in [1.29, 1.82) is 0 Å². The molecule has 1 aliphatic rings. The van der Waals surface area contributed by atoms with E-state index in [-0.39, 0.29) is 11.6 Å². The molecule has 1 aliphatic heterocycles. The largest absolute Gasteiger partial charge is 0.494 e. The fourth-order valence-corrected chi connectivity index (χ4v) is 3.26. The molecule has 0 aromatic heterocycles. The van der Waals surface area contributed by atoms with Crippen LogP contribution in [-0.2, 0) is 0 Å². The fourth-order valence-electron chi connectivity index (χ4n) is 3.26. The Morgan fingerprint density at radius 3 is 2.68 bits per heavy atom. The van der Waals surface area contributed by atoms with Gasteiger partial charge in [0.15, 0.2) is 0 Å². The molecular weight excluding hydrogens is 357 g/mol. The average molecular weight is 385 g/mol. The number of rotatable bonds is 8. The second-order valence-corrected chi connectivity index (χ2v) is 7.06. The second-order valence-electron chi connectivity index (χ2n) is 7.06. The van der Waals surface area contributed by atoms with Crippen LogP contribution >= 0.6 is 0 Å². The standard InChI is InChI=1S/C22H28FN3O2/c1-3-4-13-28-19-8-5-16(6-9-19)22(27)25-21-10-7-18(14-20(21)23)26-12-11-17(15-26)24-2/h5-10,14,17,24H,3-4,11-13,15H2,1-2H3,(H,25,27). The number of carbonyl (C=O) groups is 1. The van der Waals surface area contributed by atoms with E-state index in [0.717, 1.165) is 43.8 Å². The first kappa shape index (κ1) is 20.1. The van der Waals surface area contributed by atoms with Crippen LogP contribution in [-0.4, -0.2) is 38.7 Å². The van der Waals surface area contributed by atoms with Crippen molar-refractivity contribution in [1.82, 2.24) is 5.32 Å². The Labute approximate surface area is 165 Å². The molecule has 0 bridgehead atoms. The van der Waals surface area contributed by atoms with Crippen LogP contribution in [0.25, 0.3) is 0 Å². The van der Waals surface area contributed by atoms with E-state index in [0.29, 0.717) is 18.2 Å². The number of anilines is 2. The maximum Gasteiger partial charge on any atom is 0.255 e. The van der Waals surface area contributed by atoms with Crippen LogP contribution in [0, 0.1) is 5.82 Å². The number of halogens is 1. The van der Waals surface area contributed by atoms with E-state index in [1.54, 1.807) is 30.3 Å². The topological polar surface area (TPSA) is 53.6 Å². The molecule has 1 atom stereocenters. The number of carbonyl (C=O) groups excluding carboxylic acids is 1. The number of likely N-dealkylation sites (N-methyl/N-ethyl adjacent to an activating group) is 1. The number of nitrogens with one attached hydrogen (secondary N) is 2. The van der Waals surface area contributed by atoms with Gasteiger partial charge < -0.3 is 20.3 Å². The van der Waals surface area contributed by atoms with Crippen LogP contribution in [0.15, 0.2) is 42.5 Å². The minimum atomic E-state index is -0.432. The van der Waals surface area contributed by atoms with Gasteiger partial charge in [0.05, 0.1) is 12.3 Å². The van der Waals surface area contributed by atoms with Crippen molar-refractivity contribution < 1.29 is 13.9 Å². The van der Waals surface area contributed by atoms with Gasteiger partial charge >= 0.3 is 0 Å². The van der Waals surface area contributed by atoms with E-state index in [4.69, 9.17) is 4.74 Å². The van der Waals surface area contributed by atoms with Crippen LogP contribution in [0.4, 0.5) is 15.8 Å². The van der Waals surface area contributed by atoms with Gasteiger partial charge in [0.1, 0.15) is 11.6 Å². The SMILES string of the molecule is CCCCOc1ccc(C(=O)Nc2ccc(N3CCC(NC)C3)cc2F)cc1. The number of unbranched alkanes of at least 4 members (excludes halogenated alkanes) is 1. The molecule has 6 heteroatoms. The molecule has 2 aromatic carbocycles. The Morgan fingerprint density at radius 1 is 1.25 bits per heavy atom.